The third-order valence-electron chi connectivity index (χ3n) is 7.91. The molecule has 0 aliphatic heterocycles. The summed E-state index contributed by atoms with van der Waals surface area (Å²) >= 11 is 0. The van der Waals surface area contributed by atoms with Crippen LogP contribution in [0, 0.1) is 0 Å². The van der Waals surface area contributed by atoms with Crippen molar-refractivity contribution >= 4 is 5.97 Å². The number of fused-ring (bicyclic) bond motifs is 4. The van der Waals surface area contributed by atoms with E-state index < -0.39 is 0 Å². The van der Waals surface area contributed by atoms with Crippen LogP contribution >= 0.6 is 0 Å². The predicted molar refractivity (Wildman–Crippen MR) is 133 cm³/mol. The van der Waals surface area contributed by atoms with Crippen LogP contribution in [0.25, 0.3) is 22.5 Å². The largest absolute Gasteiger partial charge is 0.465 e. The molecule has 0 unspecified atom stereocenters. The van der Waals surface area contributed by atoms with Crippen LogP contribution < -0.4 is 0 Å². The summed E-state index contributed by atoms with van der Waals surface area (Å²) in [6.45, 7) is 12.6. The number of rotatable bonds is 3. The van der Waals surface area contributed by atoms with E-state index >= 15 is 0 Å². The maximum Gasteiger partial charge on any atom is 0.337 e. The zero-order chi connectivity index (χ0) is 23.5. The minimum Gasteiger partial charge on any atom is -0.465 e. The van der Waals surface area contributed by atoms with E-state index in [4.69, 9.17) is 9.84 Å². The van der Waals surface area contributed by atoms with Crippen molar-refractivity contribution in [1.82, 2.24) is 9.78 Å². The van der Waals surface area contributed by atoms with E-state index in [1.807, 2.05) is 24.3 Å². The van der Waals surface area contributed by atoms with Crippen molar-refractivity contribution in [2.24, 2.45) is 0 Å². The first-order chi connectivity index (χ1) is 15.7. The lowest BCUT2D eigenvalue weighted by Crippen LogP contribution is -2.34. The first kappa shape index (κ1) is 21.9. The van der Waals surface area contributed by atoms with Gasteiger partial charge in [0, 0.05) is 23.2 Å². The van der Waals surface area contributed by atoms with Crippen molar-refractivity contribution in [3.63, 3.8) is 0 Å². The van der Waals surface area contributed by atoms with Crippen LogP contribution in [0.2, 0.25) is 0 Å². The smallest absolute Gasteiger partial charge is 0.337 e. The van der Waals surface area contributed by atoms with Gasteiger partial charge in [-0.15, -0.1) is 0 Å². The van der Waals surface area contributed by atoms with Gasteiger partial charge in [0.2, 0.25) is 0 Å². The summed E-state index contributed by atoms with van der Waals surface area (Å²) in [7, 11) is 1.41. The number of nitrogens with zero attached hydrogens (tertiary/aromatic N) is 2. The van der Waals surface area contributed by atoms with Crippen LogP contribution in [0.1, 0.15) is 80.1 Å². The average Bonchev–Trinajstić information content (AvgIpc) is 3.20. The lowest BCUT2D eigenvalue weighted by atomic mass is 9.62. The fourth-order valence-electron chi connectivity index (χ4n) is 5.73. The lowest BCUT2D eigenvalue weighted by Gasteiger charge is -2.43. The van der Waals surface area contributed by atoms with Crippen LogP contribution in [-0.4, -0.2) is 22.9 Å². The Morgan fingerprint density at radius 2 is 1.64 bits per heavy atom. The van der Waals surface area contributed by atoms with Crippen LogP contribution in [0.3, 0.4) is 0 Å². The maximum absolute atomic E-state index is 11.9. The molecule has 0 atom stereocenters. The van der Waals surface area contributed by atoms with Crippen LogP contribution in [-0.2, 0) is 35.0 Å². The quantitative estimate of drug-likeness (QED) is 0.437. The van der Waals surface area contributed by atoms with Crippen molar-refractivity contribution in [2.45, 2.75) is 77.7 Å². The van der Waals surface area contributed by atoms with Crippen LogP contribution in [0.5, 0.6) is 0 Å². The van der Waals surface area contributed by atoms with Crippen LogP contribution in [0.15, 0.2) is 36.4 Å². The molecule has 1 aromatic heterocycles. The van der Waals surface area contributed by atoms with Gasteiger partial charge in [-0.25, -0.2) is 4.79 Å². The number of aromatic nitrogens is 2. The number of ether oxygens (including phenoxy) is 1. The number of aryl methyl sites for hydroxylation is 2. The second-order valence-electron chi connectivity index (χ2n) is 10.9. The molecule has 0 bridgehead atoms. The molecular formula is C29H34N2O2. The Labute approximate surface area is 197 Å². The minimum absolute atomic E-state index is 0.182. The Morgan fingerprint density at radius 3 is 2.24 bits per heavy atom. The van der Waals surface area contributed by atoms with E-state index in [-0.39, 0.29) is 16.8 Å². The van der Waals surface area contributed by atoms with Gasteiger partial charge in [0.25, 0.3) is 0 Å². The first-order valence-electron chi connectivity index (χ1n) is 12.1. The molecule has 0 N–H and O–H groups in total. The van der Waals surface area contributed by atoms with Gasteiger partial charge in [-0.05, 0) is 78.3 Å². The zero-order valence-electron chi connectivity index (χ0n) is 20.7. The fourth-order valence-corrected chi connectivity index (χ4v) is 5.73. The summed E-state index contributed by atoms with van der Waals surface area (Å²) in [6, 6.07) is 12.6. The zero-order valence-corrected chi connectivity index (χ0v) is 20.7. The maximum atomic E-state index is 11.9. The summed E-state index contributed by atoms with van der Waals surface area (Å²) in [6.07, 6.45) is 4.47. The molecule has 2 aliphatic carbocycles. The van der Waals surface area contributed by atoms with Gasteiger partial charge in [0.1, 0.15) is 0 Å². The van der Waals surface area contributed by atoms with Gasteiger partial charge in [-0.1, -0.05) is 45.9 Å². The molecule has 33 heavy (non-hydrogen) atoms. The molecule has 4 heteroatoms. The number of benzene rings is 2. The molecule has 4 nitrogen and oxygen atoms in total. The van der Waals surface area contributed by atoms with Gasteiger partial charge in [-0.3, -0.25) is 4.68 Å². The molecule has 0 saturated carbocycles. The Bertz CT molecular complexity index is 1250. The van der Waals surface area contributed by atoms with Gasteiger partial charge in [-0.2, -0.15) is 5.10 Å². The van der Waals surface area contributed by atoms with Crippen molar-refractivity contribution in [3.8, 4) is 22.5 Å². The molecular weight excluding hydrogens is 408 g/mol. The average molecular weight is 443 g/mol. The summed E-state index contributed by atoms with van der Waals surface area (Å²) in [5.41, 5.74) is 11.5. The van der Waals surface area contributed by atoms with Crippen molar-refractivity contribution in [2.75, 3.05) is 7.11 Å². The SMILES string of the molecule is CCn1nc(-c2ccc(C(=O)OC)cc2)c2c1-c1cc3c(cc1CC2)C(C)(C)CCC3(C)C. The summed E-state index contributed by atoms with van der Waals surface area (Å²) in [4.78, 5) is 11.9. The number of carbonyl (C=O) groups excluding carboxylic acids is 1. The van der Waals surface area contributed by atoms with Gasteiger partial charge < -0.3 is 4.74 Å². The Hall–Kier alpha value is -2.88. The molecule has 0 spiro atoms. The van der Waals surface area contributed by atoms with Crippen LogP contribution in [0.4, 0.5) is 0 Å². The Balaban J connectivity index is 1.67. The minimum atomic E-state index is -0.313. The van der Waals surface area contributed by atoms with E-state index in [0.717, 1.165) is 30.6 Å². The molecule has 2 aromatic carbocycles. The Kier molecular flexibility index (Phi) is 5.04. The fraction of sp³-hybridized carbons (Fsp3) is 0.448. The van der Waals surface area contributed by atoms with E-state index in [9.17, 15) is 4.79 Å². The number of hydrogen-bond acceptors (Lipinski definition) is 3. The van der Waals surface area contributed by atoms with Crippen molar-refractivity contribution in [3.05, 3.63) is 64.2 Å². The molecule has 0 amide bonds. The standard InChI is InChI=1S/C29H34N2O2/c1-7-31-26-21(25(30-31)18-8-10-19(11-9-18)27(32)33-6)13-12-20-16-23-24(17-22(20)26)29(4,5)15-14-28(23,2)3/h8-11,16-17H,7,12-15H2,1-6H3. The number of esters is 1. The highest BCUT2D eigenvalue weighted by atomic mass is 16.5. The summed E-state index contributed by atoms with van der Waals surface area (Å²) in [5.74, 6) is -0.313. The van der Waals surface area contributed by atoms with E-state index in [1.54, 1.807) is 0 Å². The number of carbonyl (C=O) groups is 1. The highest BCUT2D eigenvalue weighted by Gasteiger charge is 2.39. The number of methoxy groups -OCH3 is 1. The molecule has 0 saturated heterocycles. The summed E-state index contributed by atoms with van der Waals surface area (Å²) in [5, 5.41) is 5.05. The second kappa shape index (κ2) is 7.58. The summed E-state index contributed by atoms with van der Waals surface area (Å²) < 4.78 is 7.02. The van der Waals surface area contributed by atoms with Gasteiger partial charge in [0.05, 0.1) is 24.1 Å². The predicted octanol–water partition coefficient (Wildman–Crippen LogP) is 6.47. The molecule has 3 aromatic rings. The third kappa shape index (κ3) is 3.42. The molecule has 0 radical (unpaired) electrons. The van der Waals surface area contributed by atoms with Gasteiger partial charge in [0.15, 0.2) is 0 Å². The third-order valence-corrected chi connectivity index (χ3v) is 7.91. The van der Waals surface area contributed by atoms with Crippen molar-refractivity contribution in [1.29, 1.82) is 0 Å². The molecule has 1 heterocycles. The topological polar surface area (TPSA) is 44.1 Å². The molecule has 0 fully saturated rings. The molecule has 5 rings (SSSR count). The second-order valence-corrected chi connectivity index (χ2v) is 10.9. The Morgan fingerprint density at radius 1 is 1.00 bits per heavy atom. The highest BCUT2D eigenvalue weighted by Crippen LogP contribution is 2.49. The van der Waals surface area contributed by atoms with Crippen molar-refractivity contribution < 1.29 is 9.53 Å². The normalized spacial score (nSPS) is 17.6. The molecule has 2 aliphatic rings. The van der Waals surface area contributed by atoms with E-state index in [0.29, 0.717) is 5.56 Å². The highest BCUT2D eigenvalue weighted by molar-refractivity contribution is 5.90. The molecule has 172 valence electrons. The monoisotopic (exact) mass is 442 g/mol. The lowest BCUT2D eigenvalue weighted by molar-refractivity contribution is 0.0600. The first-order valence-corrected chi connectivity index (χ1v) is 12.1. The van der Waals surface area contributed by atoms with E-state index in [2.05, 4.69) is 51.4 Å². The number of hydrogen-bond donors (Lipinski definition) is 0. The van der Waals surface area contributed by atoms with E-state index in [1.165, 1.54) is 53.5 Å². The van der Waals surface area contributed by atoms with Gasteiger partial charge >= 0.3 is 5.97 Å².